The molecule has 0 aromatic heterocycles. The normalized spacial score (nSPS) is 49.2. The lowest BCUT2D eigenvalue weighted by Crippen LogP contribution is -2.60. The molecule has 5 atom stereocenters. The average molecular weight is 177 g/mol. The summed E-state index contributed by atoms with van der Waals surface area (Å²) in [5.41, 5.74) is 5.51. The first kappa shape index (κ1) is 9.88. The van der Waals surface area contributed by atoms with Gasteiger partial charge in [-0.15, -0.1) is 0 Å². The number of nitrogens with two attached hydrogens (primary N) is 1. The number of hydrogen-bond acceptors (Lipinski definition) is 5. The predicted molar refractivity (Wildman–Crippen MR) is 41.4 cm³/mol. The molecule has 12 heavy (non-hydrogen) atoms. The zero-order valence-electron chi connectivity index (χ0n) is 6.92. The second kappa shape index (κ2) is 3.68. The quantitative estimate of drug-likeness (QED) is 0.365. The van der Waals surface area contributed by atoms with E-state index in [-0.39, 0.29) is 12.7 Å². The van der Waals surface area contributed by atoms with Gasteiger partial charge in [-0.05, 0) is 6.92 Å². The number of aliphatic hydroxyl groups excluding tert-OH is 3. The van der Waals surface area contributed by atoms with Crippen molar-refractivity contribution in [2.45, 2.75) is 37.4 Å². The lowest BCUT2D eigenvalue weighted by molar-refractivity contribution is -0.183. The fourth-order valence-corrected chi connectivity index (χ4v) is 1.32. The van der Waals surface area contributed by atoms with E-state index in [4.69, 9.17) is 15.6 Å². The van der Waals surface area contributed by atoms with Crippen LogP contribution in [0.3, 0.4) is 0 Å². The minimum atomic E-state index is -1.10. The lowest BCUT2D eigenvalue weighted by Gasteiger charge is -2.39. The van der Waals surface area contributed by atoms with Crippen molar-refractivity contribution >= 4 is 0 Å². The summed E-state index contributed by atoms with van der Waals surface area (Å²) in [6.07, 6.45) is -3.19. The Balaban J connectivity index is 2.63. The van der Waals surface area contributed by atoms with E-state index in [9.17, 15) is 10.2 Å². The highest BCUT2D eigenvalue weighted by Crippen LogP contribution is 2.18. The molecule has 1 heterocycles. The summed E-state index contributed by atoms with van der Waals surface area (Å²) >= 11 is 0. The fraction of sp³-hybridized carbons (Fsp3) is 1.00. The van der Waals surface area contributed by atoms with Crippen LogP contribution in [0.25, 0.3) is 0 Å². The summed E-state index contributed by atoms with van der Waals surface area (Å²) in [6.45, 7) is 1.39. The topological polar surface area (TPSA) is 95.9 Å². The Labute approximate surface area is 70.8 Å². The molecule has 1 aliphatic heterocycles. The first-order valence-electron chi connectivity index (χ1n) is 3.96. The standard InChI is InChI=1S/C7H15NO4/c1-3-5(8)7(11)6(10)4(2-9)12-3/h3-7,9-11H,2,8H2,1H3/t3-,4+,5-,6-,7+/m0/s1. The third-order valence-electron chi connectivity index (χ3n) is 2.24. The average Bonchev–Trinajstić information content (AvgIpc) is 2.08. The Morgan fingerprint density at radius 3 is 2.42 bits per heavy atom. The van der Waals surface area contributed by atoms with Crippen molar-refractivity contribution in [2.24, 2.45) is 5.73 Å². The monoisotopic (exact) mass is 177 g/mol. The van der Waals surface area contributed by atoms with Gasteiger partial charge in [0.25, 0.3) is 0 Å². The smallest absolute Gasteiger partial charge is 0.110 e. The fourth-order valence-electron chi connectivity index (χ4n) is 1.32. The SMILES string of the molecule is C[C@@H]1O[C@H](CO)[C@H](O)[C@H](O)[C@H]1N. The molecule has 0 bridgehead atoms. The van der Waals surface area contributed by atoms with Gasteiger partial charge in [-0.2, -0.15) is 0 Å². The van der Waals surface area contributed by atoms with Crippen LogP contribution in [0.1, 0.15) is 6.92 Å². The van der Waals surface area contributed by atoms with Crippen molar-refractivity contribution in [3.05, 3.63) is 0 Å². The van der Waals surface area contributed by atoms with Gasteiger partial charge in [-0.3, -0.25) is 0 Å². The molecule has 1 saturated heterocycles. The largest absolute Gasteiger partial charge is 0.394 e. The molecule has 1 aliphatic rings. The Bertz CT molecular complexity index is 150. The second-order valence-electron chi connectivity index (χ2n) is 3.12. The molecule has 5 N–H and O–H groups in total. The maximum absolute atomic E-state index is 9.35. The molecule has 0 unspecified atom stereocenters. The highest BCUT2D eigenvalue weighted by molar-refractivity contribution is 4.92. The molecule has 0 aromatic carbocycles. The molecule has 0 amide bonds. The van der Waals surface area contributed by atoms with Crippen LogP contribution in [0.15, 0.2) is 0 Å². The summed E-state index contributed by atoms with van der Waals surface area (Å²) < 4.78 is 5.15. The van der Waals surface area contributed by atoms with Crippen molar-refractivity contribution in [1.29, 1.82) is 0 Å². The molecular weight excluding hydrogens is 162 g/mol. The highest BCUT2D eigenvalue weighted by atomic mass is 16.5. The summed E-state index contributed by atoms with van der Waals surface area (Å²) in [6, 6.07) is -0.595. The van der Waals surface area contributed by atoms with Crippen LogP contribution in [0.5, 0.6) is 0 Å². The van der Waals surface area contributed by atoms with E-state index in [0.717, 1.165) is 0 Å². The number of aliphatic hydroxyl groups is 3. The first-order chi connectivity index (χ1) is 5.57. The van der Waals surface area contributed by atoms with E-state index in [1.807, 2.05) is 0 Å². The summed E-state index contributed by atoms with van der Waals surface area (Å²) in [5, 5.41) is 27.4. The Hall–Kier alpha value is -0.200. The van der Waals surface area contributed by atoms with Crippen molar-refractivity contribution < 1.29 is 20.1 Å². The van der Waals surface area contributed by atoms with Gasteiger partial charge in [-0.25, -0.2) is 0 Å². The van der Waals surface area contributed by atoms with Crippen molar-refractivity contribution in [3.63, 3.8) is 0 Å². The third-order valence-corrected chi connectivity index (χ3v) is 2.24. The molecule has 0 radical (unpaired) electrons. The van der Waals surface area contributed by atoms with Crippen molar-refractivity contribution in [3.8, 4) is 0 Å². The van der Waals surface area contributed by atoms with Crippen LogP contribution in [-0.2, 0) is 4.74 Å². The minimum Gasteiger partial charge on any atom is -0.394 e. The molecule has 0 saturated carbocycles. The molecule has 72 valence electrons. The van der Waals surface area contributed by atoms with E-state index in [2.05, 4.69) is 0 Å². The van der Waals surface area contributed by atoms with Gasteiger partial charge in [0.05, 0.1) is 18.8 Å². The number of rotatable bonds is 1. The van der Waals surface area contributed by atoms with Crippen LogP contribution in [0, 0.1) is 0 Å². The van der Waals surface area contributed by atoms with Crippen molar-refractivity contribution in [2.75, 3.05) is 6.61 Å². The maximum Gasteiger partial charge on any atom is 0.110 e. The van der Waals surface area contributed by atoms with Crippen LogP contribution in [-0.4, -0.2) is 52.4 Å². The zero-order chi connectivity index (χ0) is 9.30. The maximum atomic E-state index is 9.35. The summed E-state index contributed by atoms with van der Waals surface area (Å²) in [4.78, 5) is 0. The third kappa shape index (κ3) is 1.60. The van der Waals surface area contributed by atoms with Crippen LogP contribution in [0.4, 0.5) is 0 Å². The Morgan fingerprint density at radius 2 is 1.92 bits per heavy atom. The molecular formula is C7H15NO4. The summed E-state index contributed by atoms with van der Waals surface area (Å²) in [5.74, 6) is 0. The van der Waals surface area contributed by atoms with Crippen LogP contribution >= 0.6 is 0 Å². The van der Waals surface area contributed by atoms with Gasteiger partial charge in [0, 0.05) is 0 Å². The van der Waals surface area contributed by atoms with Gasteiger partial charge in [-0.1, -0.05) is 0 Å². The zero-order valence-corrected chi connectivity index (χ0v) is 6.92. The van der Waals surface area contributed by atoms with E-state index < -0.39 is 24.4 Å². The highest BCUT2D eigenvalue weighted by Gasteiger charge is 2.40. The Kier molecular flexibility index (Phi) is 3.03. The van der Waals surface area contributed by atoms with Gasteiger partial charge >= 0.3 is 0 Å². The molecule has 1 fully saturated rings. The Morgan fingerprint density at radius 1 is 1.33 bits per heavy atom. The molecule has 1 rings (SSSR count). The number of ether oxygens (including phenoxy) is 1. The van der Waals surface area contributed by atoms with E-state index >= 15 is 0 Å². The molecule has 0 spiro atoms. The van der Waals surface area contributed by atoms with Crippen LogP contribution < -0.4 is 5.73 Å². The summed E-state index contributed by atoms with van der Waals surface area (Å²) in [7, 11) is 0. The molecule has 0 aliphatic carbocycles. The van der Waals surface area contributed by atoms with E-state index in [1.165, 1.54) is 0 Å². The molecule has 5 heteroatoms. The molecule has 0 aromatic rings. The van der Waals surface area contributed by atoms with Gasteiger partial charge < -0.3 is 25.8 Å². The minimum absolute atomic E-state index is 0.310. The first-order valence-corrected chi connectivity index (χ1v) is 3.96. The lowest BCUT2D eigenvalue weighted by atomic mass is 9.94. The van der Waals surface area contributed by atoms with E-state index in [0.29, 0.717) is 0 Å². The molecule has 5 nitrogen and oxygen atoms in total. The predicted octanol–water partition coefficient (Wildman–Crippen LogP) is -2.18. The second-order valence-corrected chi connectivity index (χ2v) is 3.12. The van der Waals surface area contributed by atoms with Gasteiger partial charge in [0.1, 0.15) is 18.3 Å². The van der Waals surface area contributed by atoms with E-state index in [1.54, 1.807) is 6.92 Å². The van der Waals surface area contributed by atoms with Crippen molar-refractivity contribution in [1.82, 2.24) is 0 Å². The van der Waals surface area contributed by atoms with Gasteiger partial charge in [0.2, 0.25) is 0 Å². The number of hydrogen-bond donors (Lipinski definition) is 4. The van der Waals surface area contributed by atoms with Gasteiger partial charge in [0.15, 0.2) is 0 Å². The van der Waals surface area contributed by atoms with Crippen LogP contribution in [0.2, 0.25) is 0 Å².